The van der Waals surface area contributed by atoms with Gasteiger partial charge < -0.3 is 0 Å². The van der Waals surface area contributed by atoms with Crippen molar-refractivity contribution < 1.29 is 0 Å². The molecule has 4 bridgehead atoms. The monoisotopic (exact) mass is 206 g/mol. The number of hydrogen-bond donors (Lipinski definition) is 0. The molecule has 4 rings (SSSR count). The molecule has 0 amide bonds. The van der Waals surface area contributed by atoms with Gasteiger partial charge in [0.15, 0.2) is 0 Å². The van der Waals surface area contributed by atoms with Crippen LogP contribution in [0, 0.1) is 41.4 Å². The van der Waals surface area contributed by atoms with Crippen LogP contribution in [0.1, 0.15) is 52.9 Å². The van der Waals surface area contributed by atoms with Crippen molar-refractivity contribution in [3.8, 4) is 0 Å². The van der Waals surface area contributed by atoms with E-state index in [1.54, 1.807) is 32.1 Å². The SMILES string of the molecule is CC.CC1CC2CC1C1C3CCC(C3)C21. The van der Waals surface area contributed by atoms with Crippen LogP contribution in [-0.2, 0) is 0 Å². The van der Waals surface area contributed by atoms with Gasteiger partial charge in [0.2, 0.25) is 0 Å². The predicted molar refractivity (Wildman–Crippen MR) is 64.5 cm³/mol. The highest BCUT2D eigenvalue weighted by Crippen LogP contribution is 2.68. The fourth-order valence-electron chi connectivity index (χ4n) is 5.90. The maximum Gasteiger partial charge on any atom is -0.0321 e. The molecule has 4 aliphatic carbocycles. The maximum atomic E-state index is 2.52. The molecule has 7 atom stereocenters. The average molecular weight is 206 g/mol. The second-order valence-electron chi connectivity index (χ2n) is 6.36. The van der Waals surface area contributed by atoms with E-state index in [0.717, 1.165) is 5.92 Å². The van der Waals surface area contributed by atoms with E-state index in [-0.39, 0.29) is 0 Å². The van der Waals surface area contributed by atoms with Crippen LogP contribution < -0.4 is 0 Å². The first-order valence-corrected chi connectivity index (χ1v) is 7.34. The summed E-state index contributed by atoms with van der Waals surface area (Å²) in [5, 5.41) is 0. The van der Waals surface area contributed by atoms with Crippen molar-refractivity contribution in [2.45, 2.75) is 52.9 Å². The van der Waals surface area contributed by atoms with Crippen molar-refractivity contribution in [3.63, 3.8) is 0 Å². The lowest BCUT2D eigenvalue weighted by Crippen LogP contribution is -2.31. The molecule has 4 fully saturated rings. The van der Waals surface area contributed by atoms with Gasteiger partial charge in [-0.15, -0.1) is 0 Å². The quantitative estimate of drug-likeness (QED) is 0.517. The zero-order valence-corrected chi connectivity index (χ0v) is 10.6. The van der Waals surface area contributed by atoms with Crippen LogP contribution in [0.4, 0.5) is 0 Å². The molecule has 0 aromatic rings. The summed E-state index contributed by atoms with van der Waals surface area (Å²) in [6.45, 7) is 6.52. The Labute approximate surface area is 94.8 Å². The Hall–Kier alpha value is 0. The summed E-state index contributed by atoms with van der Waals surface area (Å²) in [4.78, 5) is 0. The van der Waals surface area contributed by atoms with E-state index in [1.165, 1.54) is 35.5 Å². The summed E-state index contributed by atoms with van der Waals surface area (Å²) in [6, 6.07) is 0. The molecule has 0 heterocycles. The van der Waals surface area contributed by atoms with Crippen LogP contribution in [0.2, 0.25) is 0 Å². The molecule has 0 nitrogen and oxygen atoms in total. The number of rotatable bonds is 0. The minimum Gasteiger partial charge on any atom is -0.0683 e. The lowest BCUT2D eigenvalue weighted by atomic mass is 9.68. The van der Waals surface area contributed by atoms with Crippen LogP contribution in [0.3, 0.4) is 0 Å². The highest BCUT2D eigenvalue weighted by molar-refractivity contribution is 5.09. The second kappa shape index (κ2) is 3.50. The van der Waals surface area contributed by atoms with Gasteiger partial charge in [-0.3, -0.25) is 0 Å². The molecule has 0 aromatic carbocycles. The van der Waals surface area contributed by atoms with E-state index in [9.17, 15) is 0 Å². The van der Waals surface area contributed by atoms with Crippen LogP contribution in [0.25, 0.3) is 0 Å². The molecule has 0 aromatic heterocycles. The Bertz CT molecular complexity index is 244. The normalized spacial score (nSPS) is 59.0. The summed E-state index contributed by atoms with van der Waals surface area (Å²) in [5.41, 5.74) is 0. The summed E-state index contributed by atoms with van der Waals surface area (Å²) < 4.78 is 0. The van der Waals surface area contributed by atoms with Gasteiger partial charge in [-0.25, -0.2) is 0 Å². The van der Waals surface area contributed by atoms with E-state index >= 15 is 0 Å². The first kappa shape index (κ1) is 10.2. The largest absolute Gasteiger partial charge is 0.0683 e. The molecule has 7 unspecified atom stereocenters. The average Bonchev–Trinajstić information content (AvgIpc) is 2.97. The minimum absolute atomic E-state index is 1.09. The fourth-order valence-corrected chi connectivity index (χ4v) is 5.90. The third-order valence-electron chi connectivity index (χ3n) is 6.07. The van der Waals surface area contributed by atoms with Crippen molar-refractivity contribution in [1.82, 2.24) is 0 Å². The van der Waals surface area contributed by atoms with Crippen molar-refractivity contribution in [3.05, 3.63) is 0 Å². The van der Waals surface area contributed by atoms with Gasteiger partial charge in [0.05, 0.1) is 0 Å². The Morgan fingerprint density at radius 1 is 0.733 bits per heavy atom. The van der Waals surface area contributed by atoms with Gasteiger partial charge in [-0.05, 0) is 73.5 Å². The number of hydrogen-bond acceptors (Lipinski definition) is 0. The van der Waals surface area contributed by atoms with Crippen molar-refractivity contribution >= 4 is 0 Å². The first-order valence-electron chi connectivity index (χ1n) is 7.34. The summed E-state index contributed by atoms with van der Waals surface area (Å²) in [5.74, 6) is 8.26. The number of fused-ring (bicyclic) bond motifs is 9. The lowest BCUT2D eigenvalue weighted by Gasteiger charge is -2.37. The van der Waals surface area contributed by atoms with Crippen molar-refractivity contribution in [1.29, 1.82) is 0 Å². The molecule has 0 spiro atoms. The molecule has 4 saturated carbocycles. The van der Waals surface area contributed by atoms with Gasteiger partial charge in [0.25, 0.3) is 0 Å². The summed E-state index contributed by atoms with van der Waals surface area (Å²) >= 11 is 0. The summed E-state index contributed by atoms with van der Waals surface area (Å²) in [7, 11) is 0. The third-order valence-corrected chi connectivity index (χ3v) is 6.07. The van der Waals surface area contributed by atoms with E-state index in [0.29, 0.717) is 0 Å². The molecule has 0 saturated heterocycles. The molecule has 0 aliphatic heterocycles. The second-order valence-corrected chi connectivity index (χ2v) is 6.36. The van der Waals surface area contributed by atoms with E-state index in [1.807, 2.05) is 13.8 Å². The smallest absolute Gasteiger partial charge is 0.0321 e. The van der Waals surface area contributed by atoms with Crippen LogP contribution >= 0.6 is 0 Å². The third kappa shape index (κ3) is 1.20. The zero-order chi connectivity index (χ0) is 10.6. The van der Waals surface area contributed by atoms with E-state index in [4.69, 9.17) is 0 Å². The van der Waals surface area contributed by atoms with E-state index < -0.39 is 0 Å². The topological polar surface area (TPSA) is 0 Å². The Morgan fingerprint density at radius 2 is 1.40 bits per heavy atom. The molecule has 0 heteroatoms. The maximum absolute atomic E-state index is 2.52. The molecule has 15 heavy (non-hydrogen) atoms. The van der Waals surface area contributed by atoms with Crippen LogP contribution in [-0.4, -0.2) is 0 Å². The zero-order valence-electron chi connectivity index (χ0n) is 10.6. The highest BCUT2D eigenvalue weighted by Gasteiger charge is 2.61. The molecule has 86 valence electrons. The van der Waals surface area contributed by atoms with Crippen LogP contribution in [0.15, 0.2) is 0 Å². The summed E-state index contributed by atoms with van der Waals surface area (Å²) in [6.07, 6.45) is 8.05. The Balaban J connectivity index is 0.000000343. The molecular weight excluding hydrogens is 180 g/mol. The van der Waals surface area contributed by atoms with Gasteiger partial charge in [-0.2, -0.15) is 0 Å². The predicted octanol–water partition coefficient (Wildman–Crippen LogP) is 4.35. The Morgan fingerprint density at radius 3 is 2.13 bits per heavy atom. The van der Waals surface area contributed by atoms with Crippen molar-refractivity contribution in [2.24, 2.45) is 41.4 Å². The van der Waals surface area contributed by atoms with E-state index in [2.05, 4.69) is 6.92 Å². The first-order chi connectivity index (χ1) is 7.34. The fraction of sp³-hybridized carbons (Fsp3) is 1.00. The minimum atomic E-state index is 1.09. The van der Waals surface area contributed by atoms with Gasteiger partial charge >= 0.3 is 0 Å². The van der Waals surface area contributed by atoms with Crippen molar-refractivity contribution in [2.75, 3.05) is 0 Å². The molecular formula is C15H26. The Kier molecular flexibility index (Phi) is 2.37. The molecule has 4 aliphatic rings. The van der Waals surface area contributed by atoms with Gasteiger partial charge in [-0.1, -0.05) is 20.8 Å². The lowest BCUT2D eigenvalue weighted by molar-refractivity contribution is 0.112. The van der Waals surface area contributed by atoms with Gasteiger partial charge in [0.1, 0.15) is 0 Å². The van der Waals surface area contributed by atoms with Gasteiger partial charge in [0, 0.05) is 0 Å². The molecule has 0 N–H and O–H groups in total. The standard InChI is InChI=1S/C13H20.C2H6/c1-7-4-10-6-11(7)13-9-3-2-8(5-9)12(10)13;1-2/h7-13H,2-6H2,1H3;1-2H3. The van der Waals surface area contributed by atoms with Crippen LogP contribution in [0.5, 0.6) is 0 Å². The highest BCUT2D eigenvalue weighted by atomic mass is 14.7. The molecule has 0 radical (unpaired) electrons.